The molecule has 0 aliphatic heterocycles. The van der Waals surface area contributed by atoms with Gasteiger partial charge < -0.3 is 4.74 Å². The molecule has 3 heteroatoms. The summed E-state index contributed by atoms with van der Waals surface area (Å²) in [6.45, 7) is 4.92. The SMILES string of the molecule is CCCCCc1ccc(C2CCC(c3cc4ccc(OCC)cc4s3)CC2)c(F)c1. The van der Waals surface area contributed by atoms with Crippen LogP contribution in [0.15, 0.2) is 42.5 Å². The molecule has 4 rings (SSSR count). The van der Waals surface area contributed by atoms with Crippen molar-refractivity contribution < 1.29 is 9.13 Å². The second-order valence-electron chi connectivity index (χ2n) is 8.64. The number of aryl methyl sites for hydroxylation is 1. The standard InChI is InChI=1S/C27H33FOS/c1-3-5-6-7-19-8-15-24(25(28)16-19)20-9-11-21(12-10-20)26-17-22-13-14-23(29-4-2)18-27(22)30-26/h8,13-18,20-21H,3-7,9-12H2,1-2H3. The molecule has 0 saturated heterocycles. The van der Waals surface area contributed by atoms with E-state index in [0.717, 1.165) is 55.4 Å². The monoisotopic (exact) mass is 424 g/mol. The Labute approximate surface area is 184 Å². The van der Waals surface area contributed by atoms with Crippen molar-refractivity contribution in [3.8, 4) is 5.75 Å². The molecule has 3 aromatic rings. The average Bonchev–Trinajstić information content (AvgIpc) is 3.18. The molecule has 1 fully saturated rings. The van der Waals surface area contributed by atoms with E-state index in [2.05, 4.69) is 43.3 Å². The number of hydrogen-bond acceptors (Lipinski definition) is 2. The lowest BCUT2D eigenvalue weighted by atomic mass is 9.78. The van der Waals surface area contributed by atoms with Crippen LogP contribution in [0.3, 0.4) is 0 Å². The molecule has 1 aromatic heterocycles. The third kappa shape index (κ3) is 4.88. The minimum atomic E-state index is 0.0118. The summed E-state index contributed by atoms with van der Waals surface area (Å²) in [4.78, 5) is 1.48. The number of fused-ring (bicyclic) bond motifs is 1. The lowest BCUT2D eigenvalue weighted by Crippen LogP contribution is -2.12. The van der Waals surface area contributed by atoms with Gasteiger partial charge in [-0.1, -0.05) is 31.9 Å². The fourth-order valence-corrected chi connectivity index (χ4v) is 6.08. The van der Waals surface area contributed by atoms with Crippen LogP contribution >= 0.6 is 11.3 Å². The van der Waals surface area contributed by atoms with Crippen molar-refractivity contribution in [1.82, 2.24) is 0 Å². The minimum absolute atomic E-state index is 0.0118. The first-order valence-electron chi connectivity index (χ1n) is 11.6. The highest BCUT2D eigenvalue weighted by atomic mass is 32.1. The van der Waals surface area contributed by atoms with Crippen LogP contribution in [-0.4, -0.2) is 6.61 Å². The van der Waals surface area contributed by atoms with Gasteiger partial charge in [0, 0.05) is 9.58 Å². The number of thiophene rings is 1. The van der Waals surface area contributed by atoms with Gasteiger partial charge in [-0.25, -0.2) is 4.39 Å². The molecule has 160 valence electrons. The highest BCUT2D eigenvalue weighted by Crippen LogP contribution is 2.44. The van der Waals surface area contributed by atoms with E-state index in [1.54, 1.807) is 6.07 Å². The third-order valence-electron chi connectivity index (χ3n) is 6.52. The first-order chi connectivity index (χ1) is 14.7. The highest BCUT2D eigenvalue weighted by Gasteiger charge is 2.26. The maximum atomic E-state index is 14.8. The lowest BCUT2D eigenvalue weighted by Gasteiger charge is -2.28. The van der Waals surface area contributed by atoms with E-state index in [4.69, 9.17) is 4.74 Å². The predicted octanol–water partition coefficient (Wildman–Crippen LogP) is 8.61. The van der Waals surface area contributed by atoms with Crippen molar-refractivity contribution in [2.45, 2.75) is 77.0 Å². The zero-order valence-corrected chi connectivity index (χ0v) is 19.1. The van der Waals surface area contributed by atoms with Gasteiger partial charge >= 0.3 is 0 Å². The summed E-state index contributed by atoms with van der Waals surface area (Å²) >= 11 is 1.90. The molecule has 0 radical (unpaired) electrons. The van der Waals surface area contributed by atoms with Gasteiger partial charge in [0.05, 0.1) is 6.61 Å². The van der Waals surface area contributed by atoms with Crippen molar-refractivity contribution in [2.24, 2.45) is 0 Å². The van der Waals surface area contributed by atoms with Gasteiger partial charge in [0.15, 0.2) is 0 Å². The molecular weight excluding hydrogens is 391 g/mol. The molecule has 1 heterocycles. The molecule has 0 amide bonds. The van der Waals surface area contributed by atoms with Gasteiger partial charge in [-0.2, -0.15) is 0 Å². The number of rotatable bonds is 8. The molecule has 30 heavy (non-hydrogen) atoms. The second kappa shape index (κ2) is 9.96. The molecule has 0 bridgehead atoms. The van der Waals surface area contributed by atoms with Gasteiger partial charge in [-0.3, -0.25) is 0 Å². The van der Waals surface area contributed by atoms with Crippen molar-refractivity contribution in [3.63, 3.8) is 0 Å². The van der Waals surface area contributed by atoms with Crippen LogP contribution in [-0.2, 0) is 6.42 Å². The Kier molecular flexibility index (Phi) is 7.09. The van der Waals surface area contributed by atoms with E-state index >= 15 is 0 Å². The van der Waals surface area contributed by atoms with Gasteiger partial charge in [-0.15, -0.1) is 11.3 Å². The first kappa shape index (κ1) is 21.4. The van der Waals surface area contributed by atoms with Crippen LogP contribution in [0.1, 0.15) is 86.6 Å². The zero-order valence-electron chi connectivity index (χ0n) is 18.3. The van der Waals surface area contributed by atoms with Gasteiger partial charge in [0.25, 0.3) is 0 Å². The quantitative estimate of drug-likeness (QED) is 0.329. The van der Waals surface area contributed by atoms with Gasteiger partial charge in [0.2, 0.25) is 0 Å². The van der Waals surface area contributed by atoms with Crippen LogP contribution in [0.25, 0.3) is 10.1 Å². The maximum Gasteiger partial charge on any atom is 0.126 e. The van der Waals surface area contributed by atoms with E-state index in [9.17, 15) is 4.39 Å². The normalized spacial score (nSPS) is 19.3. The molecule has 1 aliphatic rings. The number of halogens is 1. The van der Waals surface area contributed by atoms with Crippen LogP contribution < -0.4 is 4.74 Å². The van der Waals surface area contributed by atoms with Crippen molar-refractivity contribution in [2.75, 3.05) is 6.61 Å². The van der Waals surface area contributed by atoms with Gasteiger partial charge in [0.1, 0.15) is 11.6 Å². The van der Waals surface area contributed by atoms with E-state index in [1.807, 2.05) is 18.3 Å². The van der Waals surface area contributed by atoms with Crippen LogP contribution in [0.5, 0.6) is 5.75 Å². The molecule has 1 aliphatic carbocycles. The molecule has 0 unspecified atom stereocenters. The summed E-state index contributed by atoms with van der Waals surface area (Å²) in [5.41, 5.74) is 2.08. The lowest BCUT2D eigenvalue weighted by molar-refractivity contribution is 0.341. The summed E-state index contributed by atoms with van der Waals surface area (Å²) in [5, 5.41) is 1.31. The third-order valence-corrected chi connectivity index (χ3v) is 7.79. The Morgan fingerprint density at radius 1 is 0.933 bits per heavy atom. The molecular formula is C27H33FOS. The van der Waals surface area contributed by atoms with E-state index in [0.29, 0.717) is 18.4 Å². The fourth-order valence-electron chi connectivity index (χ4n) is 4.81. The highest BCUT2D eigenvalue weighted by molar-refractivity contribution is 7.19. The second-order valence-corrected chi connectivity index (χ2v) is 9.76. The van der Waals surface area contributed by atoms with Crippen molar-refractivity contribution in [1.29, 1.82) is 0 Å². The maximum absolute atomic E-state index is 14.8. The Morgan fingerprint density at radius 3 is 2.47 bits per heavy atom. The minimum Gasteiger partial charge on any atom is -0.494 e. The fraction of sp³-hybridized carbons (Fsp3) is 0.481. The van der Waals surface area contributed by atoms with Crippen LogP contribution in [0.2, 0.25) is 0 Å². The Balaban J connectivity index is 1.39. The molecule has 0 N–H and O–H groups in total. The van der Waals surface area contributed by atoms with Crippen LogP contribution in [0.4, 0.5) is 4.39 Å². The Morgan fingerprint density at radius 2 is 1.73 bits per heavy atom. The topological polar surface area (TPSA) is 9.23 Å². The van der Waals surface area contributed by atoms with Gasteiger partial charge in [-0.05, 0) is 104 Å². The molecule has 0 spiro atoms. The smallest absolute Gasteiger partial charge is 0.126 e. The first-order valence-corrected chi connectivity index (χ1v) is 12.4. The largest absolute Gasteiger partial charge is 0.494 e. The van der Waals surface area contributed by atoms with Crippen molar-refractivity contribution >= 4 is 21.4 Å². The van der Waals surface area contributed by atoms with E-state index in [1.165, 1.54) is 27.8 Å². The molecule has 1 nitrogen and oxygen atoms in total. The van der Waals surface area contributed by atoms with Crippen LogP contribution in [0, 0.1) is 5.82 Å². The number of ether oxygens (including phenoxy) is 1. The summed E-state index contributed by atoms with van der Waals surface area (Å²) in [6, 6.07) is 14.8. The molecule has 2 aromatic carbocycles. The summed E-state index contributed by atoms with van der Waals surface area (Å²) in [5.74, 6) is 1.93. The predicted molar refractivity (Wildman–Crippen MR) is 127 cm³/mol. The Bertz CT molecular complexity index is 968. The van der Waals surface area contributed by atoms with E-state index in [-0.39, 0.29) is 5.82 Å². The molecule has 1 saturated carbocycles. The number of benzene rings is 2. The number of hydrogen-bond donors (Lipinski definition) is 0. The Hall–Kier alpha value is -1.87. The zero-order chi connectivity index (χ0) is 20.9. The van der Waals surface area contributed by atoms with E-state index < -0.39 is 0 Å². The summed E-state index contributed by atoms with van der Waals surface area (Å²) in [7, 11) is 0. The molecule has 0 atom stereocenters. The van der Waals surface area contributed by atoms with Crippen molar-refractivity contribution in [3.05, 3.63) is 64.3 Å². The number of unbranched alkanes of at least 4 members (excludes halogenated alkanes) is 2. The summed E-state index contributed by atoms with van der Waals surface area (Å²) < 4.78 is 21.8. The summed E-state index contributed by atoms with van der Waals surface area (Å²) in [6.07, 6.45) is 9.02. The average molecular weight is 425 g/mol.